The van der Waals surface area contributed by atoms with Crippen molar-refractivity contribution in [3.63, 3.8) is 0 Å². The Morgan fingerprint density at radius 2 is 1.81 bits per heavy atom. The Balaban J connectivity index is 1.51. The standard InChI is InChI=1S/C25H30N2O3S/c28-24(27(21-13-15-31-18-21)17-22-12-7-14-30-22)16-23(19-8-3-1-4-9-19)26-25(29)20-10-5-2-6-11-20/h1-6,8-11,21-23H,7,12-18H2,(H,26,29). The van der Waals surface area contributed by atoms with Crippen LogP contribution in [-0.2, 0) is 9.53 Å². The molecule has 0 bridgehead atoms. The Hall–Kier alpha value is -2.31. The highest BCUT2D eigenvalue weighted by Crippen LogP contribution is 2.27. The third-order valence-electron chi connectivity index (χ3n) is 6.01. The molecule has 6 heteroatoms. The van der Waals surface area contributed by atoms with E-state index in [0.717, 1.165) is 42.9 Å². The lowest BCUT2D eigenvalue weighted by molar-refractivity contribution is -0.135. The van der Waals surface area contributed by atoms with Gasteiger partial charge in [0.2, 0.25) is 5.91 Å². The molecule has 2 amide bonds. The SMILES string of the molecule is O=C(NC(CC(=O)N(CC1CCCO1)C1CCSC1)c1ccccc1)c1ccccc1. The molecular formula is C25H30N2O3S. The third kappa shape index (κ3) is 5.89. The van der Waals surface area contributed by atoms with E-state index in [0.29, 0.717) is 12.1 Å². The number of carbonyl (C=O) groups excluding carboxylic acids is 2. The molecule has 3 atom stereocenters. The van der Waals surface area contributed by atoms with Crippen LogP contribution in [0.3, 0.4) is 0 Å². The summed E-state index contributed by atoms with van der Waals surface area (Å²) < 4.78 is 5.83. The maximum absolute atomic E-state index is 13.5. The summed E-state index contributed by atoms with van der Waals surface area (Å²) in [5.74, 6) is 1.99. The van der Waals surface area contributed by atoms with E-state index in [1.807, 2.05) is 65.2 Å². The largest absolute Gasteiger partial charge is 0.376 e. The fourth-order valence-corrected chi connectivity index (χ4v) is 5.51. The van der Waals surface area contributed by atoms with E-state index < -0.39 is 0 Å². The van der Waals surface area contributed by atoms with Gasteiger partial charge in [-0.25, -0.2) is 0 Å². The van der Waals surface area contributed by atoms with Gasteiger partial charge in [0.25, 0.3) is 5.91 Å². The molecule has 3 unspecified atom stereocenters. The Kier molecular flexibility index (Phi) is 7.65. The number of nitrogens with zero attached hydrogens (tertiary/aromatic N) is 1. The summed E-state index contributed by atoms with van der Waals surface area (Å²) in [5.41, 5.74) is 1.54. The number of hydrogen-bond acceptors (Lipinski definition) is 4. The van der Waals surface area contributed by atoms with Crippen LogP contribution in [0, 0.1) is 0 Å². The highest BCUT2D eigenvalue weighted by Gasteiger charge is 2.32. The van der Waals surface area contributed by atoms with Crippen LogP contribution in [0.25, 0.3) is 0 Å². The molecule has 0 aromatic heterocycles. The molecule has 5 nitrogen and oxygen atoms in total. The molecule has 2 heterocycles. The van der Waals surface area contributed by atoms with Crippen molar-refractivity contribution < 1.29 is 14.3 Å². The van der Waals surface area contributed by atoms with E-state index in [2.05, 4.69) is 5.32 Å². The van der Waals surface area contributed by atoms with Crippen molar-refractivity contribution in [2.45, 2.75) is 43.9 Å². The predicted octanol–water partition coefficient (Wildman–Crippen LogP) is 4.06. The number of thioether (sulfide) groups is 1. The quantitative estimate of drug-likeness (QED) is 0.675. The molecule has 2 aliphatic heterocycles. The van der Waals surface area contributed by atoms with Crippen LogP contribution < -0.4 is 5.32 Å². The third-order valence-corrected chi connectivity index (χ3v) is 7.16. The number of ether oxygens (including phenoxy) is 1. The number of nitrogens with one attached hydrogen (secondary N) is 1. The van der Waals surface area contributed by atoms with E-state index in [4.69, 9.17) is 4.74 Å². The summed E-state index contributed by atoms with van der Waals surface area (Å²) in [6.07, 6.45) is 3.47. The molecule has 0 spiro atoms. The minimum atomic E-state index is -0.373. The first-order valence-corrected chi connectivity index (χ1v) is 12.3. The fourth-order valence-electron chi connectivity index (χ4n) is 4.29. The fraction of sp³-hybridized carbons (Fsp3) is 0.440. The van der Waals surface area contributed by atoms with Crippen LogP contribution in [0.1, 0.15) is 47.6 Å². The van der Waals surface area contributed by atoms with Gasteiger partial charge in [-0.15, -0.1) is 0 Å². The van der Waals surface area contributed by atoms with Crippen LogP contribution >= 0.6 is 11.8 Å². The molecule has 0 radical (unpaired) electrons. The molecule has 1 N–H and O–H groups in total. The lowest BCUT2D eigenvalue weighted by atomic mass is 10.0. The van der Waals surface area contributed by atoms with Crippen LogP contribution in [0.4, 0.5) is 0 Å². The van der Waals surface area contributed by atoms with Crippen molar-refractivity contribution in [2.75, 3.05) is 24.7 Å². The van der Waals surface area contributed by atoms with Gasteiger partial charge in [-0.3, -0.25) is 9.59 Å². The van der Waals surface area contributed by atoms with Gasteiger partial charge < -0.3 is 15.0 Å². The van der Waals surface area contributed by atoms with Crippen molar-refractivity contribution in [3.05, 3.63) is 71.8 Å². The van der Waals surface area contributed by atoms with Crippen molar-refractivity contribution in [2.24, 2.45) is 0 Å². The smallest absolute Gasteiger partial charge is 0.251 e. The molecule has 2 saturated heterocycles. The first kappa shape index (κ1) is 21.9. The molecule has 2 aliphatic rings. The summed E-state index contributed by atoms with van der Waals surface area (Å²) in [6, 6.07) is 18.8. The van der Waals surface area contributed by atoms with E-state index in [-0.39, 0.29) is 36.4 Å². The van der Waals surface area contributed by atoms with Gasteiger partial charge in [0.05, 0.1) is 18.6 Å². The zero-order valence-corrected chi connectivity index (χ0v) is 18.6. The second-order valence-corrected chi connectivity index (χ2v) is 9.36. The maximum Gasteiger partial charge on any atom is 0.251 e. The van der Waals surface area contributed by atoms with Crippen LogP contribution in [0.2, 0.25) is 0 Å². The van der Waals surface area contributed by atoms with Crippen molar-refractivity contribution in [1.82, 2.24) is 10.2 Å². The Labute approximate surface area is 188 Å². The second-order valence-electron chi connectivity index (χ2n) is 8.21. The first-order chi connectivity index (χ1) is 15.2. The van der Waals surface area contributed by atoms with Gasteiger partial charge >= 0.3 is 0 Å². The van der Waals surface area contributed by atoms with Gasteiger partial charge in [-0.1, -0.05) is 48.5 Å². The molecule has 2 aromatic rings. The second kappa shape index (κ2) is 10.8. The van der Waals surface area contributed by atoms with Crippen LogP contribution in [-0.4, -0.2) is 53.5 Å². The van der Waals surface area contributed by atoms with Gasteiger partial charge in [-0.05, 0) is 42.7 Å². The summed E-state index contributed by atoms with van der Waals surface area (Å²) in [6.45, 7) is 1.43. The lowest BCUT2D eigenvalue weighted by Gasteiger charge is -2.32. The number of carbonyl (C=O) groups is 2. The zero-order valence-electron chi connectivity index (χ0n) is 17.7. The lowest BCUT2D eigenvalue weighted by Crippen LogP contribution is -2.46. The van der Waals surface area contributed by atoms with Crippen LogP contribution in [0.15, 0.2) is 60.7 Å². The van der Waals surface area contributed by atoms with Gasteiger partial charge in [-0.2, -0.15) is 11.8 Å². The molecule has 2 aromatic carbocycles. The predicted molar refractivity (Wildman–Crippen MR) is 124 cm³/mol. The van der Waals surface area contributed by atoms with Gasteiger partial charge in [0, 0.05) is 30.5 Å². The van der Waals surface area contributed by atoms with Crippen molar-refractivity contribution >= 4 is 23.6 Å². The first-order valence-electron chi connectivity index (χ1n) is 11.1. The van der Waals surface area contributed by atoms with E-state index in [1.165, 1.54) is 0 Å². The average molecular weight is 439 g/mol. The monoisotopic (exact) mass is 438 g/mol. The number of hydrogen-bond donors (Lipinski definition) is 1. The summed E-state index contributed by atoms with van der Waals surface area (Å²) >= 11 is 1.90. The Morgan fingerprint density at radius 1 is 1.06 bits per heavy atom. The summed E-state index contributed by atoms with van der Waals surface area (Å²) in [7, 11) is 0. The zero-order chi connectivity index (χ0) is 21.5. The highest BCUT2D eigenvalue weighted by molar-refractivity contribution is 7.99. The summed E-state index contributed by atoms with van der Waals surface area (Å²) in [5, 5.41) is 3.10. The topological polar surface area (TPSA) is 58.6 Å². The molecule has 164 valence electrons. The molecule has 31 heavy (non-hydrogen) atoms. The minimum absolute atomic E-state index is 0.0882. The van der Waals surface area contributed by atoms with Crippen molar-refractivity contribution in [1.29, 1.82) is 0 Å². The molecule has 0 saturated carbocycles. The van der Waals surface area contributed by atoms with E-state index in [9.17, 15) is 9.59 Å². The molecular weight excluding hydrogens is 408 g/mol. The summed E-state index contributed by atoms with van der Waals surface area (Å²) in [4.78, 5) is 28.4. The molecule has 0 aliphatic carbocycles. The molecule has 2 fully saturated rings. The van der Waals surface area contributed by atoms with Gasteiger partial charge in [0.15, 0.2) is 0 Å². The Bertz CT molecular complexity index is 850. The number of benzene rings is 2. The maximum atomic E-state index is 13.5. The number of rotatable bonds is 8. The minimum Gasteiger partial charge on any atom is -0.376 e. The normalized spacial score (nSPS) is 21.5. The van der Waals surface area contributed by atoms with E-state index in [1.54, 1.807) is 12.1 Å². The molecule has 4 rings (SSSR count). The Morgan fingerprint density at radius 3 is 2.45 bits per heavy atom. The van der Waals surface area contributed by atoms with Gasteiger partial charge in [0.1, 0.15) is 0 Å². The highest BCUT2D eigenvalue weighted by atomic mass is 32.2. The average Bonchev–Trinajstić information content (AvgIpc) is 3.52. The van der Waals surface area contributed by atoms with E-state index >= 15 is 0 Å². The van der Waals surface area contributed by atoms with Crippen molar-refractivity contribution in [3.8, 4) is 0 Å². The number of amides is 2. The van der Waals surface area contributed by atoms with Crippen LogP contribution in [0.5, 0.6) is 0 Å².